The first kappa shape index (κ1) is 15.6. The van der Waals surface area contributed by atoms with Gasteiger partial charge in [0.1, 0.15) is 5.75 Å². The number of amides is 2. The molecule has 114 valence electrons. The molecule has 0 aliphatic carbocycles. The normalized spacial score (nSPS) is 10.1. The van der Waals surface area contributed by atoms with Crippen LogP contribution >= 0.6 is 0 Å². The van der Waals surface area contributed by atoms with Crippen LogP contribution in [0.2, 0.25) is 0 Å². The molecule has 0 aromatic heterocycles. The van der Waals surface area contributed by atoms with Crippen LogP contribution in [0.15, 0.2) is 42.5 Å². The Morgan fingerprint density at radius 3 is 2.27 bits per heavy atom. The fourth-order valence-electron chi connectivity index (χ4n) is 2.12. The third kappa shape index (κ3) is 3.63. The standard InChI is InChI=1S/C17H18N2O3/c1-11-6-5-7-12(2)16(11)19-15(21)10-18-17(22)13-8-3-4-9-14(13)20/h3-9,20H,10H2,1-2H3,(H,18,22)(H,19,21). The monoisotopic (exact) mass is 298 g/mol. The summed E-state index contributed by atoms with van der Waals surface area (Å²) in [4.78, 5) is 23.9. The van der Waals surface area contributed by atoms with Gasteiger partial charge in [0.2, 0.25) is 5.91 Å². The van der Waals surface area contributed by atoms with Crippen molar-refractivity contribution in [3.05, 3.63) is 59.2 Å². The topological polar surface area (TPSA) is 78.4 Å². The molecule has 5 heteroatoms. The van der Waals surface area contributed by atoms with Crippen LogP contribution in [0.5, 0.6) is 5.75 Å². The summed E-state index contributed by atoms with van der Waals surface area (Å²) in [5, 5.41) is 14.9. The minimum Gasteiger partial charge on any atom is -0.507 e. The van der Waals surface area contributed by atoms with E-state index in [9.17, 15) is 14.7 Å². The molecule has 2 rings (SSSR count). The highest BCUT2D eigenvalue weighted by atomic mass is 16.3. The maximum Gasteiger partial charge on any atom is 0.255 e. The molecular formula is C17H18N2O3. The molecule has 0 saturated carbocycles. The fourth-order valence-corrected chi connectivity index (χ4v) is 2.12. The van der Waals surface area contributed by atoms with Gasteiger partial charge in [0.05, 0.1) is 12.1 Å². The maximum absolute atomic E-state index is 11.9. The van der Waals surface area contributed by atoms with Gasteiger partial charge in [-0.25, -0.2) is 0 Å². The molecule has 0 fully saturated rings. The molecule has 5 nitrogen and oxygen atoms in total. The summed E-state index contributed by atoms with van der Waals surface area (Å²) in [5.41, 5.74) is 2.81. The highest BCUT2D eigenvalue weighted by molar-refractivity contribution is 6.01. The van der Waals surface area contributed by atoms with Gasteiger partial charge in [-0.3, -0.25) is 9.59 Å². The smallest absolute Gasteiger partial charge is 0.255 e. The lowest BCUT2D eigenvalue weighted by atomic mass is 10.1. The van der Waals surface area contributed by atoms with Crippen LogP contribution in [0, 0.1) is 13.8 Å². The van der Waals surface area contributed by atoms with Gasteiger partial charge in [0.25, 0.3) is 5.91 Å². The SMILES string of the molecule is Cc1cccc(C)c1NC(=O)CNC(=O)c1ccccc1O. The number of benzene rings is 2. The largest absolute Gasteiger partial charge is 0.507 e. The van der Waals surface area contributed by atoms with Crippen LogP contribution in [-0.4, -0.2) is 23.5 Å². The van der Waals surface area contributed by atoms with E-state index in [1.807, 2.05) is 32.0 Å². The summed E-state index contributed by atoms with van der Waals surface area (Å²) in [6, 6.07) is 11.9. The van der Waals surface area contributed by atoms with Gasteiger partial charge in [-0.2, -0.15) is 0 Å². The van der Waals surface area contributed by atoms with Crippen LogP contribution in [0.3, 0.4) is 0 Å². The van der Waals surface area contributed by atoms with E-state index >= 15 is 0 Å². The van der Waals surface area contributed by atoms with E-state index in [2.05, 4.69) is 10.6 Å². The number of nitrogens with one attached hydrogen (secondary N) is 2. The van der Waals surface area contributed by atoms with Gasteiger partial charge < -0.3 is 15.7 Å². The molecule has 2 aromatic rings. The van der Waals surface area contributed by atoms with E-state index in [0.717, 1.165) is 16.8 Å². The van der Waals surface area contributed by atoms with Crippen molar-refractivity contribution in [2.45, 2.75) is 13.8 Å². The summed E-state index contributed by atoms with van der Waals surface area (Å²) in [7, 11) is 0. The van der Waals surface area contributed by atoms with Crippen molar-refractivity contribution in [3.8, 4) is 5.75 Å². The number of phenols is 1. The number of carbonyl (C=O) groups excluding carboxylic acids is 2. The summed E-state index contributed by atoms with van der Waals surface area (Å²) in [6.45, 7) is 3.65. The zero-order valence-corrected chi connectivity index (χ0v) is 12.5. The predicted octanol–water partition coefficient (Wildman–Crippen LogP) is 2.38. The van der Waals surface area contributed by atoms with Crippen LogP contribution < -0.4 is 10.6 Å². The minimum atomic E-state index is -0.491. The molecule has 0 spiro atoms. The van der Waals surface area contributed by atoms with E-state index < -0.39 is 5.91 Å². The first-order chi connectivity index (χ1) is 10.5. The number of carbonyl (C=O) groups is 2. The first-order valence-corrected chi connectivity index (χ1v) is 6.91. The average Bonchev–Trinajstić information content (AvgIpc) is 2.49. The van der Waals surface area contributed by atoms with Crippen LogP contribution in [-0.2, 0) is 4.79 Å². The van der Waals surface area contributed by atoms with Crippen molar-refractivity contribution in [2.75, 3.05) is 11.9 Å². The number of hydrogen-bond donors (Lipinski definition) is 3. The lowest BCUT2D eigenvalue weighted by molar-refractivity contribution is -0.115. The molecule has 0 radical (unpaired) electrons. The first-order valence-electron chi connectivity index (χ1n) is 6.91. The highest BCUT2D eigenvalue weighted by Crippen LogP contribution is 2.19. The molecule has 2 amide bonds. The number of anilines is 1. The van der Waals surface area contributed by atoms with Crippen molar-refractivity contribution in [1.29, 1.82) is 0 Å². The number of para-hydroxylation sites is 2. The van der Waals surface area contributed by atoms with Crippen LogP contribution in [0.1, 0.15) is 21.5 Å². The zero-order chi connectivity index (χ0) is 16.1. The van der Waals surface area contributed by atoms with E-state index in [4.69, 9.17) is 0 Å². The second kappa shape index (κ2) is 6.76. The number of aromatic hydroxyl groups is 1. The van der Waals surface area contributed by atoms with Gasteiger partial charge >= 0.3 is 0 Å². The zero-order valence-electron chi connectivity index (χ0n) is 12.5. The third-order valence-electron chi connectivity index (χ3n) is 3.30. The summed E-state index contributed by atoms with van der Waals surface area (Å²) in [6.07, 6.45) is 0. The van der Waals surface area contributed by atoms with Crippen molar-refractivity contribution in [2.24, 2.45) is 0 Å². The Kier molecular flexibility index (Phi) is 4.78. The molecule has 3 N–H and O–H groups in total. The van der Waals surface area contributed by atoms with Gasteiger partial charge in [0.15, 0.2) is 0 Å². The van der Waals surface area contributed by atoms with Crippen LogP contribution in [0.25, 0.3) is 0 Å². The molecular weight excluding hydrogens is 280 g/mol. The lowest BCUT2D eigenvalue weighted by Crippen LogP contribution is -2.33. The average molecular weight is 298 g/mol. The number of hydrogen-bond acceptors (Lipinski definition) is 3. The van der Waals surface area contributed by atoms with Crippen LogP contribution in [0.4, 0.5) is 5.69 Å². The van der Waals surface area contributed by atoms with Crippen molar-refractivity contribution in [1.82, 2.24) is 5.32 Å². The molecule has 0 heterocycles. The lowest BCUT2D eigenvalue weighted by Gasteiger charge is -2.12. The van der Waals surface area contributed by atoms with E-state index in [1.165, 1.54) is 12.1 Å². The van der Waals surface area contributed by atoms with Gasteiger partial charge in [-0.15, -0.1) is 0 Å². The number of rotatable bonds is 4. The Bertz CT molecular complexity index is 691. The molecule has 0 atom stereocenters. The highest BCUT2D eigenvalue weighted by Gasteiger charge is 2.12. The molecule has 0 bridgehead atoms. The third-order valence-corrected chi connectivity index (χ3v) is 3.30. The maximum atomic E-state index is 11.9. The summed E-state index contributed by atoms with van der Waals surface area (Å²) in [5.74, 6) is -0.925. The Balaban J connectivity index is 1.96. The quantitative estimate of drug-likeness (QED) is 0.811. The molecule has 22 heavy (non-hydrogen) atoms. The Morgan fingerprint density at radius 1 is 1.00 bits per heavy atom. The minimum absolute atomic E-state index is 0.116. The van der Waals surface area contributed by atoms with Gasteiger partial charge in [-0.1, -0.05) is 30.3 Å². The Labute approximate surface area is 129 Å². The van der Waals surface area contributed by atoms with Gasteiger partial charge in [0, 0.05) is 5.69 Å². The predicted molar refractivity (Wildman–Crippen MR) is 85.0 cm³/mol. The van der Waals surface area contributed by atoms with Crippen molar-refractivity contribution in [3.63, 3.8) is 0 Å². The summed E-state index contributed by atoms with van der Waals surface area (Å²) < 4.78 is 0. The molecule has 0 unspecified atom stereocenters. The Morgan fingerprint density at radius 2 is 1.64 bits per heavy atom. The summed E-state index contributed by atoms with van der Waals surface area (Å²) >= 11 is 0. The van der Waals surface area contributed by atoms with Gasteiger partial charge in [-0.05, 0) is 37.1 Å². The van der Waals surface area contributed by atoms with Crippen molar-refractivity contribution >= 4 is 17.5 Å². The van der Waals surface area contributed by atoms with E-state index in [0.29, 0.717) is 0 Å². The molecule has 0 aliphatic heterocycles. The number of aryl methyl sites for hydroxylation is 2. The molecule has 0 aliphatic rings. The number of phenolic OH excluding ortho intramolecular Hbond substituents is 1. The Hall–Kier alpha value is -2.82. The fraction of sp³-hybridized carbons (Fsp3) is 0.176. The van der Waals surface area contributed by atoms with E-state index in [-0.39, 0.29) is 23.8 Å². The second-order valence-corrected chi connectivity index (χ2v) is 5.01. The second-order valence-electron chi connectivity index (χ2n) is 5.01. The van der Waals surface area contributed by atoms with E-state index in [1.54, 1.807) is 12.1 Å². The molecule has 2 aromatic carbocycles. The van der Waals surface area contributed by atoms with Crippen molar-refractivity contribution < 1.29 is 14.7 Å². The molecule has 0 saturated heterocycles.